The summed E-state index contributed by atoms with van der Waals surface area (Å²) in [5.74, 6) is 0.558. The van der Waals surface area contributed by atoms with Gasteiger partial charge in [0.25, 0.3) is 5.91 Å². The average molecular weight is 264 g/mol. The summed E-state index contributed by atoms with van der Waals surface area (Å²) in [6.45, 7) is 3.77. The second-order valence-electron chi connectivity index (χ2n) is 4.13. The van der Waals surface area contributed by atoms with Gasteiger partial charge in [-0.05, 0) is 31.5 Å². The summed E-state index contributed by atoms with van der Waals surface area (Å²) in [5.41, 5.74) is 1.50. The van der Waals surface area contributed by atoms with Crippen molar-refractivity contribution in [1.29, 1.82) is 0 Å². The molecule has 2 aromatic rings. The molecule has 0 bridgehead atoms. The van der Waals surface area contributed by atoms with Gasteiger partial charge in [-0.2, -0.15) is 0 Å². The smallest absolute Gasteiger partial charge is 0.251 e. The van der Waals surface area contributed by atoms with Crippen LogP contribution in [0.5, 0.6) is 0 Å². The van der Waals surface area contributed by atoms with Crippen molar-refractivity contribution in [1.82, 2.24) is 15.3 Å². The number of H-pyrrole nitrogens is 1. The minimum Gasteiger partial charge on any atom is -0.347 e. The first kappa shape index (κ1) is 12.6. The molecule has 4 nitrogen and oxygen atoms in total. The first-order valence-corrected chi connectivity index (χ1v) is 6.02. The number of nitrogens with zero attached hydrogens (tertiary/aromatic N) is 1. The highest BCUT2D eigenvalue weighted by Gasteiger charge is 2.13. The molecule has 0 spiro atoms. The molecule has 94 valence electrons. The van der Waals surface area contributed by atoms with Crippen LogP contribution in [0.25, 0.3) is 0 Å². The first-order valence-electron chi connectivity index (χ1n) is 5.64. The van der Waals surface area contributed by atoms with Gasteiger partial charge in [-0.15, -0.1) is 0 Å². The Hall–Kier alpha value is -1.81. The molecule has 2 N–H and O–H groups in total. The number of benzene rings is 1. The van der Waals surface area contributed by atoms with E-state index in [0.29, 0.717) is 10.6 Å². The normalized spacial score (nSPS) is 12.2. The molecule has 1 amide bonds. The molecule has 18 heavy (non-hydrogen) atoms. The molecular formula is C13H14ClN3O. The molecule has 0 saturated carbocycles. The maximum Gasteiger partial charge on any atom is 0.251 e. The molecule has 0 saturated heterocycles. The third-order valence-electron chi connectivity index (χ3n) is 2.71. The Balaban J connectivity index is 2.10. The lowest BCUT2D eigenvalue weighted by Crippen LogP contribution is -2.27. The molecule has 0 aliphatic heterocycles. The maximum absolute atomic E-state index is 12.0. The van der Waals surface area contributed by atoms with Crippen LogP contribution >= 0.6 is 11.6 Å². The SMILES string of the molecule is Cc1ccc(C(=O)NC(C)c2ncc[nH]2)cc1Cl. The summed E-state index contributed by atoms with van der Waals surface area (Å²) in [7, 11) is 0. The van der Waals surface area contributed by atoms with Gasteiger partial charge in [0.05, 0.1) is 6.04 Å². The third kappa shape index (κ3) is 2.71. The molecule has 0 aliphatic rings. The van der Waals surface area contributed by atoms with E-state index < -0.39 is 0 Å². The second-order valence-corrected chi connectivity index (χ2v) is 4.54. The fourth-order valence-corrected chi connectivity index (χ4v) is 1.78. The van der Waals surface area contributed by atoms with Crippen molar-refractivity contribution in [3.63, 3.8) is 0 Å². The Morgan fingerprint density at radius 3 is 2.89 bits per heavy atom. The van der Waals surface area contributed by atoms with E-state index in [4.69, 9.17) is 11.6 Å². The van der Waals surface area contributed by atoms with E-state index in [9.17, 15) is 4.79 Å². The molecule has 1 heterocycles. The van der Waals surface area contributed by atoms with Gasteiger partial charge in [-0.25, -0.2) is 4.98 Å². The van der Waals surface area contributed by atoms with Crippen LogP contribution < -0.4 is 5.32 Å². The van der Waals surface area contributed by atoms with Gasteiger partial charge in [-0.1, -0.05) is 17.7 Å². The molecule has 1 aromatic carbocycles. The van der Waals surface area contributed by atoms with Crippen molar-refractivity contribution in [2.24, 2.45) is 0 Å². The van der Waals surface area contributed by atoms with Gasteiger partial charge in [0, 0.05) is 23.0 Å². The van der Waals surface area contributed by atoms with Gasteiger partial charge in [-0.3, -0.25) is 4.79 Å². The number of amides is 1. The Bertz CT molecular complexity index is 551. The average Bonchev–Trinajstić information content (AvgIpc) is 2.86. The molecule has 0 radical (unpaired) electrons. The number of rotatable bonds is 3. The molecule has 2 rings (SSSR count). The Morgan fingerprint density at radius 1 is 1.50 bits per heavy atom. The van der Waals surface area contributed by atoms with E-state index in [1.165, 1.54) is 0 Å². The molecule has 1 atom stereocenters. The van der Waals surface area contributed by atoms with E-state index in [0.717, 1.165) is 11.4 Å². The summed E-state index contributed by atoms with van der Waals surface area (Å²) in [6.07, 6.45) is 3.38. The lowest BCUT2D eigenvalue weighted by atomic mass is 10.1. The van der Waals surface area contributed by atoms with E-state index in [-0.39, 0.29) is 11.9 Å². The molecule has 0 fully saturated rings. The molecule has 1 unspecified atom stereocenters. The molecule has 5 heteroatoms. The number of carbonyl (C=O) groups is 1. The topological polar surface area (TPSA) is 57.8 Å². The number of nitrogens with one attached hydrogen (secondary N) is 2. The van der Waals surface area contributed by atoms with Crippen LogP contribution in [0.3, 0.4) is 0 Å². The number of halogens is 1. The highest BCUT2D eigenvalue weighted by atomic mass is 35.5. The number of aromatic nitrogens is 2. The number of carbonyl (C=O) groups excluding carboxylic acids is 1. The predicted octanol–water partition coefficient (Wildman–Crippen LogP) is 2.86. The summed E-state index contributed by atoms with van der Waals surface area (Å²) in [6, 6.07) is 5.08. The zero-order valence-corrected chi connectivity index (χ0v) is 11.0. The van der Waals surface area contributed by atoms with E-state index in [2.05, 4.69) is 15.3 Å². The molecule has 0 aliphatic carbocycles. The monoisotopic (exact) mass is 263 g/mol. The maximum atomic E-state index is 12.0. The van der Waals surface area contributed by atoms with Gasteiger partial charge in [0.15, 0.2) is 0 Å². The zero-order valence-electron chi connectivity index (χ0n) is 10.2. The first-order chi connectivity index (χ1) is 8.58. The fourth-order valence-electron chi connectivity index (χ4n) is 1.60. The van der Waals surface area contributed by atoms with Gasteiger partial charge in [0.1, 0.15) is 5.82 Å². The van der Waals surface area contributed by atoms with E-state index >= 15 is 0 Å². The second kappa shape index (κ2) is 5.23. The lowest BCUT2D eigenvalue weighted by Gasteiger charge is -2.12. The minimum absolute atomic E-state index is 0.166. The Kier molecular flexibility index (Phi) is 3.67. The number of hydrogen-bond donors (Lipinski definition) is 2. The Labute approximate surface area is 110 Å². The standard InChI is InChI=1S/C13H14ClN3O/c1-8-3-4-10(7-11(8)14)13(18)17-9(2)12-15-5-6-16-12/h3-7,9H,1-2H3,(H,15,16)(H,17,18). The van der Waals surface area contributed by atoms with Crippen LogP contribution in [0.15, 0.2) is 30.6 Å². The largest absolute Gasteiger partial charge is 0.347 e. The lowest BCUT2D eigenvalue weighted by molar-refractivity contribution is 0.0938. The van der Waals surface area contributed by atoms with Gasteiger partial charge in [0.2, 0.25) is 0 Å². The van der Waals surface area contributed by atoms with Crippen molar-refractivity contribution in [3.8, 4) is 0 Å². The van der Waals surface area contributed by atoms with Crippen LogP contribution in [0.1, 0.15) is 34.7 Å². The van der Waals surface area contributed by atoms with Gasteiger partial charge < -0.3 is 10.3 Å². The quantitative estimate of drug-likeness (QED) is 0.895. The van der Waals surface area contributed by atoms with Crippen LogP contribution in [0.4, 0.5) is 0 Å². The van der Waals surface area contributed by atoms with Gasteiger partial charge >= 0.3 is 0 Å². The fraction of sp³-hybridized carbons (Fsp3) is 0.231. The summed E-state index contributed by atoms with van der Waals surface area (Å²) < 4.78 is 0. The predicted molar refractivity (Wildman–Crippen MR) is 70.7 cm³/mol. The Morgan fingerprint density at radius 2 is 2.28 bits per heavy atom. The van der Waals surface area contributed by atoms with Crippen molar-refractivity contribution in [2.75, 3.05) is 0 Å². The van der Waals surface area contributed by atoms with Crippen molar-refractivity contribution >= 4 is 17.5 Å². The van der Waals surface area contributed by atoms with Crippen LogP contribution in [-0.4, -0.2) is 15.9 Å². The third-order valence-corrected chi connectivity index (χ3v) is 3.12. The van der Waals surface area contributed by atoms with Crippen molar-refractivity contribution in [2.45, 2.75) is 19.9 Å². The molecule has 1 aromatic heterocycles. The number of hydrogen-bond acceptors (Lipinski definition) is 2. The van der Waals surface area contributed by atoms with Crippen LogP contribution in [-0.2, 0) is 0 Å². The van der Waals surface area contributed by atoms with Crippen molar-refractivity contribution in [3.05, 3.63) is 52.6 Å². The van der Waals surface area contributed by atoms with E-state index in [1.807, 2.05) is 19.9 Å². The minimum atomic E-state index is -0.174. The molecular weight excluding hydrogens is 250 g/mol. The number of aromatic amines is 1. The number of imidazole rings is 1. The van der Waals surface area contributed by atoms with Crippen LogP contribution in [0, 0.1) is 6.92 Å². The number of aryl methyl sites for hydroxylation is 1. The van der Waals surface area contributed by atoms with Crippen LogP contribution in [0.2, 0.25) is 5.02 Å². The highest BCUT2D eigenvalue weighted by molar-refractivity contribution is 6.31. The zero-order chi connectivity index (χ0) is 13.1. The highest BCUT2D eigenvalue weighted by Crippen LogP contribution is 2.17. The summed E-state index contributed by atoms with van der Waals surface area (Å²) in [5, 5.41) is 3.44. The van der Waals surface area contributed by atoms with Crippen molar-refractivity contribution < 1.29 is 4.79 Å². The summed E-state index contributed by atoms with van der Waals surface area (Å²) >= 11 is 6.00. The van der Waals surface area contributed by atoms with E-state index in [1.54, 1.807) is 24.5 Å². The summed E-state index contributed by atoms with van der Waals surface area (Å²) in [4.78, 5) is 19.1.